The van der Waals surface area contributed by atoms with Gasteiger partial charge in [-0.2, -0.15) is 0 Å². The fourth-order valence-corrected chi connectivity index (χ4v) is 3.22. The molecule has 3 rings (SSSR count). The van der Waals surface area contributed by atoms with E-state index in [9.17, 15) is 4.79 Å². The number of methoxy groups -OCH3 is 1. The van der Waals surface area contributed by atoms with Crippen LogP contribution in [0.3, 0.4) is 0 Å². The number of benzene rings is 2. The van der Waals surface area contributed by atoms with Crippen LogP contribution in [0, 0.1) is 6.92 Å². The normalized spacial score (nSPS) is 10.4. The summed E-state index contributed by atoms with van der Waals surface area (Å²) in [6.07, 6.45) is 1.64. The molecule has 2 aromatic carbocycles. The zero-order chi connectivity index (χ0) is 22.1. The molecule has 0 saturated heterocycles. The van der Waals surface area contributed by atoms with E-state index in [0.717, 1.165) is 22.6 Å². The highest BCUT2D eigenvalue weighted by molar-refractivity contribution is 7.80. The minimum Gasteiger partial charge on any atom is -0.497 e. The van der Waals surface area contributed by atoms with Crippen LogP contribution in [0.5, 0.6) is 5.75 Å². The number of nitrogens with zero attached hydrogens (tertiary/aromatic N) is 1. The third-order valence-corrected chi connectivity index (χ3v) is 5.13. The molecule has 0 radical (unpaired) electrons. The molecule has 0 atom stereocenters. The van der Waals surface area contributed by atoms with E-state index in [4.69, 9.17) is 21.4 Å². The number of carbonyl (C=O) groups is 1. The van der Waals surface area contributed by atoms with Gasteiger partial charge in [0, 0.05) is 13.1 Å². The number of aryl methyl sites for hydroxylation is 1. The third-order valence-electron chi connectivity index (χ3n) is 4.73. The Labute approximate surface area is 188 Å². The fraction of sp³-hybridized carbons (Fsp3) is 0.250. The summed E-state index contributed by atoms with van der Waals surface area (Å²) in [5.41, 5.74) is 3.30. The first kappa shape index (κ1) is 22.4. The van der Waals surface area contributed by atoms with E-state index in [1.807, 2.05) is 41.3 Å². The average Bonchev–Trinajstić information content (AvgIpc) is 3.30. The number of thiocarbonyl (C=S) groups is 1. The lowest BCUT2D eigenvalue weighted by Crippen LogP contribution is -2.43. The van der Waals surface area contributed by atoms with Crippen LogP contribution >= 0.6 is 12.2 Å². The van der Waals surface area contributed by atoms with E-state index in [-0.39, 0.29) is 12.5 Å². The van der Waals surface area contributed by atoms with Crippen molar-refractivity contribution in [3.63, 3.8) is 0 Å². The van der Waals surface area contributed by atoms with Gasteiger partial charge in [0.1, 0.15) is 11.5 Å². The predicted molar refractivity (Wildman–Crippen MR) is 125 cm³/mol. The smallest absolute Gasteiger partial charge is 0.239 e. The highest BCUT2D eigenvalue weighted by atomic mass is 32.1. The first-order valence-electron chi connectivity index (χ1n) is 10.0. The number of furan rings is 1. The fourth-order valence-electron chi connectivity index (χ4n) is 3.02. The lowest BCUT2D eigenvalue weighted by atomic mass is 10.1. The van der Waals surface area contributed by atoms with E-state index in [0.29, 0.717) is 24.7 Å². The lowest BCUT2D eigenvalue weighted by molar-refractivity contribution is -0.120. The molecule has 162 valence electrons. The first-order valence-corrected chi connectivity index (χ1v) is 10.4. The van der Waals surface area contributed by atoms with Crippen LogP contribution < -0.4 is 15.4 Å². The molecule has 0 spiro atoms. The van der Waals surface area contributed by atoms with Crippen LogP contribution in [0.1, 0.15) is 22.5 Å². The number of nitrogens with one attached hydrogen (secondary N) is 2. The van der Waals surface area contributed by atoms with Gasteiger partial charge in [-0.15, -0.1) is 0 Å². The SMILES string of the molecule is COc1cccc(CNC(=O)CNC(=S)N(Cc2ccc(C)cc2)Cc2ccco2)c1. The second-order valence-corrected chi connectivity index (χ2v) is 7.59. The van der Waals surface area contributed by atoms with E-state index in [1.165, 1.54) is 5.56 Å². The molecule has 1 heterocycles. The van der Waals surface area contributed by atoms with Gasteiger partial charge >= 0.3 is 0 Å². The molecule has 0 unspecified atom stereocenters. The Kier molecular flexibility index (Phi) is 8.06. The Balaban J connectivity index is 1.54. The molecule has 0 aliphatic rings. The zero-order valence-corrected chi connectivity index (χ0v) is 18.6. The monoisotopic (exact) mass is 437 g/mol. The van der Waals surface area contributed by atoms with Crippen molar-refractivity contribution in [1.82, 2.24) is 15.5 Å². The Morgan fingerprint density at radius 3 is 2.55 bits per heavy atom. The maximum atomic E-state index is 12.3. The Hall–Kier alpha value is -3.32. The summed E-state index contributed by atoms with van der Waals surface area (Å²) in [7, 11) is 1.62. The number of carbonyl (C=O) groups excluding carboxylic acids is 1. The minimum atomic E-state index is -0.140. The van der Waals surface area contributed by atoms with Crippen molar-refractivity contribution in [3.05, 3.63) is 89.4 Å². The van der Waals surface area contributed by atoms with E-state index >= 15 is 0 Å². The average molecular weight is 438 g/mol. The topological polar surface area (TPSA) is 66.7 Å². The van der Waals surface area contributed by atoms with Gasteiger partial charge in [-0.1, -0.05) is 42.0 Å². The number of amides is 1. The van der Waals surface area contributed by atoms with Crippen LogP contribution in [0.4, 0.5) is 0 Å². The Bertz CT molecular complexity index is 988. The van der Waals surface area contributed by atoms with Crippen LogP contribution in [-0.4, -0.2) is 29.6 Å². The molecule has 0 aliphatic carbocycles. The van der Waals surface area contributed by atoms with Gasteiger partial charge in [0.15, 0.2) is 5.11 Å². The molecule has 0 bridgehead atoms. The van der Waals surface area contributed by atoms with Crippen molar-refractivity contribution in [1.29, 1.82) is 0 Å². The van der Waals surface area contributed by atoms with Crippen LogP contribution in [0.15, 0.2) is 71.3 Å². The molecule has 0 aliphatic heterocycles. The molecule has 0 fully saturated rings. The summed E-state index contributed by atoms with van der Waals surface area (Å²) in [5.74, 6) is 1.42. The Morgan fingerprint density at radius 2 is 1.84 bits per heavy atom. The van der Waals surface area contributed by atoms with Crippen molar-refractivity contribution < 1.29 is 13.9 Å². The molecule has 3 aromatic rings. The number of rotatable bonds is 9. The van der Waals surface area contributed by atoms with Crippen molar-refractivity contribution in [2.75, 3.05) is 13.7 Å². The molecule has 1 aromatic heterocycles. The van der Waals surface area contributed by atoms with Crippen molar-refractivity contribution in [3.8, 4) is 5.75 Å². The molecule has 7 heteroatoms. The van der Waals surface area contributed by atoms with E-state index in [1.54, 1.807) is 13.4 Å². The summed E-state index contributed by atoms with van der Waals surface area (Å²) in [5, 5.41) is 6.45. The summed E-state index contributed by atoms with van der Waals surface area (Å²) in [4.78, 5) is 14.3. The summed E-state index contributed by atoms with van der Waals surface area (Å²) < 4.78 is 10.7. The van der Waals surface area contributed by atoms with Gasteiger partial charge in [0.25, 0.3) is 0 Å². The first-order chi connectivity index (χ1) is 15.0. The maximum absolute atomic E-state index is 12.3. The van der Waals surface area contributed by atoms with Gasteiger partial charge in [-0.25, -0.2) is 0 Å². The molecule has 31 heavy (non-hydrogen) atoms. The van der Waals surface area contributed by atoms with Gasteiger partial charge in [0.2, 0.25) is 5.91 Å². The summed E-state index contributed by atoms with van der Waals surface area (Å²) in [6, 6.07) is 19.7. The van der Waals surface area contributed by atoms with Gasteiger partial charge < -0.3 is 24.7 Å². The van der Waals surface area contributed by atoms with E-state index in [2.05, 4.69) is 41.8 Å². The molecule has 0 saturated carbocycles. The largest absolute Gasteiger partial charge is 0.497 e. The Morgan fingerprint density at radius 1 is 1.03 bits per heavy atom. The summed E-state index contributed by atoms with van der Waals surface area (Å²) >= 11 is 5.58. The van der Waals surface area contributed by atoms with Crippen LogP contribution in [-0.2, 0) is 24.4 Å². The van der Waals surface area contributed by atoms with Crippen molar-refractivity contribution in [2.24, 2.45) is 0 Å². The predicted octanol–water partition coefficient (Wildman–Crippen LogP) is 3.79. The molecular formula is C24H27N3O3S. The quantitative estimate of drug-likeness (QED) is 0.497. The molecular weight excluding hydrogens is 410 g/mol. The second kappa shape index (κ2) is 11.2. The molecule has 1 amide bonds. The van der Waals surface area contributed by atoms with Gasteiger partial charge in [-0.3, -0.25) is 4.79 Å². The number of hydrogen-bond acceptors (Lipinski definition) is 4. The summed E-state index contributed by atoms with van der Waals surface area (Å²) in [6.45, 7) is 3.69. The number of hydrogen-bond donors (Lipinski definition) is 2. The molecule has 2 N–H and O–H groups in total. The molecule has 6 nitrogen and oxygen atoms in total. The zero-order valence-electron chi connectivity index (χ0n) is 17.8. The van der Waals surface area contributed by atoms with E-state index < -0.39 is 0 Å². The number of ether oxygens (including phenoxy) is 1. The van der Waals surface area contributed by atoms with Crippen molar-refractivity contribution >= 4 is 23.2 Å². The van der Waals surface area contributed by atoms with Crippen molar-refractivity contribution in [2.45, 2.75) is 26.6 Å². The van der Waals surface area contributed by atoms with Crippen LogP contribution in [0.25, 0.3) is 0 Å². The van der Waals surface area contributed by atoms with Gasteiger partial charge in [-0.05, 0) is 54.5 Å². The standard InChI is InChI=1S/C24H27N3O3S/c1-18-8-10-19(11-9-18)16-27(17-22-7-4-12-30-22)24(31)26-15-23(28)25-14-20-5-3-6-21(13-20)29-2/h3-13H,14-17H2,1-2H3,(H,25,28)(H,26,31). The lowest BCUT2D eigenvalue weighted by Gasteiger charge is -2.25. The van der Waals surface area contributed by atoms with Gasteiger partial charge in [0.05, 0.1) is 26.5 Å². The minimum absolute atomic E-state index is 0.0886. The third kappa shape index (κ3) is 7.15. The highest BCUT2D eigenvalue weighted by Gasteiger charge is 2.14. The maximum Gasteiger partial charge on any atom is 0.239 e. The highest BCUT2D eigenvalue weighted by Crippen LogP contribution is 2.13. The second-order valence-electron chi connectivity index (χ2n) is 7.21. The van der Waals surface area contributed by atoms with Crippen LogP contribution in [0.2, 0.25) is 0 Å².